The van der Waals surface area contributed by atoms with Gasteiger partial charge in [0.15, 0.2) is 10.9 Å². The Labute approximate surface area is 169 Å². The summed E-state index contributed by atoms with van der Waals surface area (Å²) < 4.78 is 5.02. The second-order valence-corrected chi connectivity index (χ2v) is 8.53. The largest absolute Gasteiger partial charge is 0.459 e. The molecule has 2 aromatic heterocycles. The highest BCUT2D eigenvalue weighted by molar-refractivity contribution is 7.13. The molecule has 0 spiro atoms. The Morgan fingerprint density at radius 2 is 2.11 bits per heavy atom. The predicted molar refractivity (Wildman–Crippen MR) is 109 cm³/mol. The highest BCUT2D eigenvalue weighted by Gasteiger charge is 2.22. The number of nitrogens with one attached hydrogen (secondary N) is 2. The number of rotatable bonds is 8. The van der Waals surface area contributed by atoms with Crippen LogP contribution in [0.2, 0.25) is 0 Å². The molecule has 152 valence electrons. The maximum absolute atomic E-state index is 12.1. The molecule has 0 radical (unpaired) electrons. The van der Waals surface area contributed by atoms with Gasteiger partial charge in [-0.25, -0.2) is 4.98 Å². The fourth-order valence-electron chi connectivity index (χ4n) is 3.71. The Hall–Kier alpha value is -2.19. The summed E-state index contributed by atoms with van der Waals surface area (Å²) in [5.74, 6) is 1.35. The quantitative estimate of drug-likeness (QED) is 0.659. The van der Waals surface area contributed by atoms with Gasteiger partial charge in [0, 0.05) is 38.0 Å². The van der Waals surface area contributed by atoms with Crippen LogP contribution in [0, 0.1) is 11.8 Å². The van der Waals surface area contributed by atoms with Gasteiger partial charge in [0.05, 0.1) is 12.0 Å². The van der Waals surface area contributed by atoms with Gasteiger partial charge in [-0.05, 0) is 36.8 Å². The van der Waals surface area contributed by atoms with E-state index in [1.165, 1.54) is 24.0 Å². The number of hydrogen-bond donors (Lipinski definition) is 2. The van der Waals surface area contributed by atoms with Gasteiger partial charge in [0.25, 0.3) is 5.91 Å². The Morgan fingerprint density at radius 3 is 2.82 bits per heavy atom. The number of anilines is 1. The summed E-state index contributed by atoms with van der Waals surface area (Å²) in [6, 6.07) is 3.27. The van der Waals surface area contributed by atoms with Crippen molar-refractivity contribution in [3.05, 3.63) is 35.2 Å². The molecule has 1 saturated heterocycles. The van der Waals surface area contributed by atoms with E-state index in [-0.39, 0.29) is 17.6 Å². The summed E-state index contributed by atoms with van der Waals surface area (Å²) in [6.45, 7) is 8.06. The van der Waals surface area contributed by atoms with Crippen LogP contribution < -0.4 is 10.6 Å². The monoisotopic (exact) mass is 404 g/mol. The van der Waals surface area contributed by atoms with Crippen molar-refractivity contribution in [2.75, 3.05) is 25.0 Å². The van der Waals surface area contributed by atoms with Gasteiger partial charge in [-0.15, -0.1) is 11.3 Å². The van der Waals surface area contributed by atoms with E-state index in [0.717, 1.165) is 37.2 Å². The average Bonchev–Trinajstić information content (AvgIpc) is 3.30. The zero-order valence-corrected chi connectivity index (χ0v) is 17.3. The number of carbonyl (C=O) groups is 2. The van der Waals surface area contributed by atoms with E-state index in [4.69, 9.17) is 4.42 Å². The minimum absolute atomic E-state index is 0.0895. The molecule has 2 atom stereocenters. The molecule has 0 aliphatic carbocycles. The van der Waals surface area contributed by atoms with Crippen molar-refractivity contribution in [2.24, 2.45) is 11.8 Å². The lowest BCUT2D eigenvalue weighted by atomic mass is 9.92. The third kappa shape index (κ3) is 6.17. The van der Waals surface area contributed by atoms with E-state index < -0.39 is 0 Å². The third-order valence-corrected chi connectivity index (χ3v) is 5.55. The van der Waals surface area contributed by atoms with Crippen LogP contribution in [0.5, 0.6) is 0 Å². The third-order valence-electron chi connectivity index (χ3n) is 4.74. The maximum atomic E-state index is 12.1. The number of piperidine rings is 1. The number of likely N-dealkylation sites (tertiary alicyclic amines) is 1. The zero-order chi connectivity index (χ0) is 19.9. The molecule has 0 bridgehead atoms. The minimum atomic E-state index is -0.267. The van der Waals surface area contributed by atoms with Gasteiger partial charge in [0.1, 0.15) is 0 Å². The molecule has 1 aliphatic heterocycles. The first-order valence-electron chi connectivity index (χ1n) is 9.78. The highest BCUT2D eigenvalue weighted by Crippen LogP contribution is 2.24. The van der Waals surface area contributed by atoms with E-state index in [9.17, 15) is 9.59 Å². The van der Waals surface area contributed by atoms with Crippen molar-refractivity contribution >= 4 is 28.3 Å². The minimum Gasteiger partial charge on any atom is -0.459 e. The molecule has 2 amide bonds. The molecular formula is C20H28N4O3S. The molecule has 3 rings (SSSR count). The molecule has 1 fully saturated rings. The first-order valence-corrected chi connectivity index (χ1v) is 10.7. The van der Waals surface area contributed by atoms with Crippen molar-refractivity contribution in [3.8, 4) is 0 Å². The molecule has 2 aromatic rings. The Morgan fingerprint density at radius 1 is 1.32 bits per heavy atom. The normalized spacial score (nSPS) is 20.1. The number of hydrogen-bond acceptors (Lipinski definition) is 6. The van der Waals surface area contributed by atoms with E-state index in [1.807, 2.05) is 5.38 Å². The summed E-state index contributed by atoms with van der Waals surface area (Å²) in [4.78, 5) is 30.8. The molecule has 3 heterocycles. The first-order chi connectivity index (χ1) is 13.5. The van der Waals surface area contributed by atoms with Crippen molar-refractivity contribution in [1.29, 1.82) is 0 Å². The van der Waals surface area contributed by atoms with Crippen LogP contribution in [0.15, 0.2) is 28.2 Å². The molecule has 2 N–H and O–H groups in total. The number of amides is 2. The number of furan rings is 1. The highest BCUT2D eigenvalue weighted by atomic mass is 32.1. The predicted octanol–water partition coefficient (Wildman–Crippen LogP) is 3.36. The zero-order valence-electron chi connectivity index (χ0n) is 16.4. The van der Waals surface area contributed by atoms with Crippen LogP contribution >= 0.6 is 11.3 Å². The fourth-order valence-corrected chi connectivity index (χ4v) is 4.43. The number of thiazole rings is 1. The summed E-state index contributed by atoms with van der Waals surface area (Å²) in [7, 11) is 0. The van der Waals surface area contributed by atoms with Crippen molar-refractivity contribution in [3.63, 3.8) is 0 Å². The van der Waals surface area contributed by atoms with E-state index in [1.54, 1.807) is 12.1 Å². The van der Waals surface area contributed by atoms with Crippen LogP contribution in [-0.2, 0) is 11.3 Å². The first kappa shape index (κ1) is 20.5. The van der Waals surface area contributed by atoms with E-state index >= 15 is 0 Å². The second kappa shape index (κ2) is 9.84. The van der Waals surface area contributed by atoms with Crippen LogP contribution in [0.1, 0.15) is 49.4 Å². The smallest absolute Gasteiger partial charge is 0.286 e. The SMILES string of the molecule is C[C@H]1C[C@H](C)CN(Cc2csc(NC(=O)CCCNC(=O)c3ccco3)n2)C1. The molecular weight excluding hydrogens is 376 g/mol. The molecule has 0 unspecified atom stereocenters. The topological polar surface area (TPSA) is 87.5 Å². The Kier molecular flexibility index (Phi) is 7.22. The van der Waals surface area contributed by atoms with Crippen LogP contribution in [-0.4, -0.2) is 41.3 Å². The molecule has 1 aliphatic rings. The fraction of sp³-hybridized carbons (Fsp3) is 0.550. The second-order valence-electron chi connectivity index (χ2n) is 7.67. The van der Waals surface area contributed by atoms with Gasteiger partial charge in [-0.3, -0.25) is 14.5 Å². The summed E-state index contributed by atoms with van der Waals surface area (Å²) in [6.07, 6.45) is 3.63. The molecule has 28 heavy (non-hydrogen) atoms. The van der Waals surface area contributed by atoms with Crippen molar-refractivity contribution < 1.29 is 14.0 Å². The lowest BCUT2D eigenvalue weighted by Gasteiger charge is -2.34. The molecule has 7 nitrogen and oxygen atoms in total. The number of aromatic nitrogens is 1. The van der Waals surface area contributed by atoms with Gasteiger partial charge in [0.2, 0.25) is 5.91 Å². The molecule has 8 heteroatoms. The van der Waals surface area contributed by atoms with Crippen LogP contribution in [0.3, 0.4) is 0 Å². The Balaban J connectivity index is 1.36. The van der Waals surface area contributed by atoms with Crippen LogP contribution in [0.4, 0.5) is 5.13 Å². The van der Waals surface area contributed by atoms with Gasteiger partial charge in [-0.2, -0.15) is 0 Å². The average molecular weight is 405 g/mol. The summed E-state index contributed by atoms with van der Waals surface area (Å²) >= 11 is 1.46. The van der Waals surface area contributed by atoms with Crippen molar-refractivity contribution in [1.82, 2.24) is 15.2 Å². The van der Waals surface area contributed by atoms with Crippen LogP contribution in [0.25, 0.3) is 0 Å². The van der Waals surface area contributed by atoms with Crippen molar-refractivity contribution in [2.45, 2.75) is 39.7 Å². The van der Waals surface area contributed by atoms with E-state index in [0.29, 0.717) is 24.5 Å². The number of nitrogens with zero attached hydrogens (tertiary/aromatic N) is 2. The lowest BCUT2D eigenvalue weighted by molar-refractivity contribution is -0.116. The number of carbonyl (C=O) groups excluding carboxylic acids is 2. The Bertz CT molecular complexity index is 764. The molecule has 0 aromatic carbocycles. The van der Waals surface area contributed by atoms with Gasteiger partial charge >= 0.3 is 0 Å². The van der Waals surface area contributed by atoms with Gasteiger partial charge < -0.3 is 15.1 Å². The standard InChI is InChI=1S/C20H28N4O3S/c1-14-9-15(2)11-24(10-14)12-16-13-28-20(22-16)23-18(25)6-3-7-21-19(26)17-5-4-8-27-17/h4-5,8,13-15H,3,6-7,9-12H2,1-2H3,(H,21,26)(H,22,23,25)/t14-,15-/m0/s1. The summed E-state index contributed by atoms with van der Waals surface area (Å²) in [5, 5.41) is 8.24. The van der Waals surface area contributed by atoms with Gasteiger partial charge in [-0.1, -0.05) is 13.8 Å². The maximum Gasteiger partial charge on any atom is 0.286 e. The van der Waals surface area contributed by atoms with E-state index in [2.05, 4.69) is 34.4 Å². The summed E-state index contributed by atoms with van der Waals surface area (Å²) in [5.41, 5.74) is 1.01. The molecule has 0 saturated carbocycles. The lowest BCUT2D eigenvalue weighted by Crippen LogP contribution is -2.38.